The standard InChI is InChI=1S/2C2H2.2Na.2H/c2*1-2;;;;/h2*1-2H;;;;. The Kier molecular flexibility index (Phi) is 584. The van der Waals surface area contributed by atoms with Gasteiger partial charge in [-0.25, -0.2) is 0 Å². The molecule has 0 aliphatic rings. The Morgan fingerprint density at radius 1 is 0.500 bits per heavy atom. The van der Waals surface area contributed by atoms with E-state index in [4.69, 9.17) is 0 Å². The predicted molar refractivity (Wildman–Crippen MR) is 34.1 cm³/mol. The Labute approximate surface area is 83.7 Å². The van der Waals surface area contributed by atoms with Gasteiger partial charge in [0.15, 0.2) is 0 Å². The van der Waals surface area contributed by atoms with Gasteiger partial charge in [0.25, 0.3) is 0 Å². The molecule has 0 aromatic heterocycles. The SMILES string of the molecule is C#C.C#C.[NaH].[NaH]. The van der Waals surface area contributed by atoms with Crippen molar-refractivity contribution in [2.24, 2.45) is 0 Å². The van der Waals surface area contributed by atoms with Crippen LogP contribution in [0, 0.1) is 25.7 Å². The van der Waals surface area contributed by atoms with Crippen LogP contribution in [-0.4, -0.2) is 59.1 Å². The van der Waals surface area contributed by atoms with E-state index in [1.165, 1.54) is 0 Å². The summed E-state index contributed by atoms with van der Waals surface area (Å²) in [6.45, 7) is 0. The van der Waals surface area contributed by atoms with E-state index >= 15 is 0 Å². The van der Waals surface area contributed by atoms with Gasteiger partial charge in [0.2, 0.25) is 0 Å². The summed E-state index contributed by atoms with van der Waals surface area (Å²) in [5.41, 5.74) is 0. The molecular formula is C4H6Na2. The summed E-state index contributed by atoms with van der Waals surface area (Å²) in [5, 5.41) is 0. The van der Waals surface area contributed by atoms with Crippen LogP contribution in [-0.2, 0) is 0 Å². The van der Waals surface area contributed by atoms with Gasteiger partial charge in [-0.1, -0.05) is 0 Å². The van der Waals surface area contributed by atoms with Crippen molar-refractivity contribution in [3.8, 4) is 25.7 Å². The van der Waals surface area contributed by atoms with Crippen molar-refractivity contribution >= 4 is 59.1 Å². The van der Waals surface area contributed by atoms with E-state index < -0.39 is 0 Å². The molecule has 0 fully saturated rings. The van der Waals surface area contributed by atoms with Crippen LogP contribution in [0.5, 0.6) is 0 Å². The summed E-state index contributed by atoms with van der Waals surface area (Å²) in [5.74, 6) is 0. The number of rotatable bonds is 0. The van der Waals surface area contributed by atoms with Crippen LogP contribution in [0.1, 0.15) is 0 Å². The van der Waals surface area contributed by atoms with E-state index in [1.54, 1.807) is 0 Å². The van der Waals surface area contributed by atoms with Gasteiger partial charge < -0.3 is 0 Å². The van der Waals surface area contributed by atoms with Gasteiger partial charge in [-0.3, -0.25) is 0 Å². The summed E-state index contributed by atoms with van der Waals surface area (Å²) in [6.07, 6.45) is 16.0. The summed E-state index contributed by atoms with van der Waals surface area (Å²) < 4.78 is 0. The van der Waals surface area contributed by atoms with Crippen molar-refractivity contribution in [3.05, 3.63) is 0 Å². The third kappa shape index (κ3) is 69.3. The van der Waals surface area contributed by atoms with Gasteiger partial charge in [0.05, 0.1) is 0 Å². The molecule has 0 amide bonds. The van der Waals surface area contributed by atoms with Crippen LogP contribution in [0.2, 0.25) is 0 Å². The Hall–Kier alpha value is 1.12. The summed E-state index contributed by atoms with van der Waals surface area (Å²) in [6, 6.07) is 0. The van der Waals surface area contributed by atoms with Gasteiger partial charge in [-0.05, 0) is 0 Å². The fourth-order valence-electron chi connectivity index (χ4n) is 0. The molecule has 0 nitrogen and oxygen atoms in total. The predicted octanol–water partition coefficient (Wildman–Crippen LogP) is -0.798. The van der Waals surface area contributed by atoms with E-state index in [-0.39, 0.29) is 59.1 Å². The minimum atomic E-state index is 0. The van der Waals surface area contributed by atoms with Crippen molar-refractivity contribution in [3.63, 3.8) is 0 Å². The average molecular weight is 100 g/mol. The zero-order valence-corrected chi connectivity index (χ0v) is 2.31. The molecule has 0 aliphatic heterocycles. The number of hydrogen-bond acceptors (Lipinski definition) is 0. The second kappa shape index (κ2) is 128. The molecule has 0 unspecified atom stereocenters. The average Bonchev–Trinajstić information content (AvgIpc) is 1.50. The van der Waals surface area contributed by atoms with Gasteiger partial charge in [0.1, 0.15) is 0 Å². The molecule has 0 aromatic rings. The second-order valence-electron chi connectivity index (χ2n) is 0. The van der Waals surface area contributed by atoms with Crippen molar-refractivity contribution in [2.75, 3.05) is 0 Å². The van der Waals surface area contributed by atoms with Crippen molar-refractivity contribution in [2.45, 2.75) is 0 Å². The van der Waals surface area contributed by atoms with E-state index in [0.717, 1.165) is 0 Å². The van der Waals surface area contributed by atoms with E-state index in [0.29, 0.717) is 0 Å². The molecule has 0 heterocycles. The molecule has 0 aromatic carbocycles. The quantitative estimate of drug-likeness (QED) is 0.276. The molecule has 0 radical (unpaired) electrons. The second-order valence-corrected chi connectivity index (χ2v) is 0. The molecule has 6 heavy (non-hydrogen) atoms. The number of hydrogen-bond donors (Lipinski definition) is 0. The fraction of sp³-hybridized carbons (Fsp3) is 0. The van der Waals surface area contributed by atoms with E-state index in [1.807, 2.05) is 0 Å². The monoisotopic (exact) mass is 100 g/mol. The maximum absolute atomic E-state index is 4.00. The van der Waals surface area contributed by atoms with Crippen LogP contribution in [0.25, 0.3) is 0 Å². The normalized spacial score (nSPS) is 0.667. The van der Waals surface area contributed by atoms with Gasteiger partial charge >= 0.3 is 59.1 Å². The van der Waals surface area contributed by atoms with Crippen LogP contribution in [0.3, 0.4) is 0 Å². The molecule has 0 saturated carbocycles. The Balaban J connectivity index is -0.00000000500. The van der Waals surface area contributed by atoms with E-state index in [2.05, 4.69) is 25.7 Å². The first-order valence-electron chi connectivity index (χ1n) is 0.667. The Morgan fingerprint density at radius 2 is 0.500 bits per heavy atom. The third-order valence-electron chi connectivity index (χ3n) is 0. The molecule has 0 atom stereocenters. The summed E-state index contributed by atoms with van der Waals surface area (Å²) in [7, 11) is 0. The zero-order valence-electron chi connectivity index (χ0n) is 2.31. The molecular weight excluding hydrogens is 94.0 g/mol. The molecule has 24 valence electrons. The first kappa shape index (κ1) is 27.4. The van der Waals surface area contributed by atoms with Gasteiger partial charge in [0, 0.05) is 0 Å². The van der Waals surface area contributed by atoms with Crippen molar-refractivity contribution in [1.29, 1.82) is 0 Å². The van der Waals surface area contributed by atoms with Crippen LogP contribution in [0.15, 0.2) is 0 Å². The van der Waals surface area contributed by atoms with Gasteiger partial charge in [-0.15, -0.1) is 25.7 Å². The van der Waals surface area contributed by atoms with Crippen LogP contribution in [0.4, 0.5) is 0 Å². The van der Waals surface area contributed by atoms with Crippen LogP contribution < -0.4 is 0 Å². The molecule has 0 saturated heterocycles. The Bertz CT molecular complexity index is 21.0. The van der Waals surface area contributed by atoms with Gasteiger partial charge in [-0.2, -0.15) is 0 Å². The topological polar surface area (TPSA) is 0 Å². The van der Waals surface area contributed by atoms with E-state index in [9.17, 15) is 0 Å². The van der Waals surface area contributed by atoms with Crippen LogP contribution >= 0.6 is 0 Å². The minimum absolute atomic E-state index is 0. The number of terminal acetylenes is 2. The molecule has 0 bridgehead atoms. The summed E-state index contributed by atoms with van der Waals surface area (Å²) in [4.78, 5) is 0. The molecule has 2 heteroatoms. The molecule has 0 aliphatic carbocycles. The molecule has 0 rings (SSSR count). The molecule has 0 spiro atoms. The zero-order chi connectivity index (χ0) is 4.00. The summed E-state index contributed by atoms with van der Waals surface area (Å²) >= 11 is 0. The molecule has 0 N–H and O–H groups in total. The Morgan fingerprint density at radius 3 is 0.500 bits per heavy atom. The van der Waals surface area contributed by atoms with Crippen molar-refractivity contribution in [1.82, 2.24) is 0 Å². The first-order chi connectivity index (χ1) is 2.00. The third-order valence-corrected chi connectivity index (χ3v) is 0. The fourth-order valence-corrected chi connectivity index (χ4v) is 0. The van der Waals surface area contributed by atoms with Crippen molar-refractivity contribution < 1.29 is 0 Å². The maximum atomic E-state index is 4.00. The first-order valence-corrected chi connectivity index (χ1v) is 0.667.